The molecule has 0 aromatic carbocycles. The number of ether oxygens (including phenoxy) is 1. The Hall–Kier alpha value is -0.0800. The van der Waals surface area contributed by atoms with Gasteiger partial charge < -0.3 is 10.5 Å². The molecule has 2 N–H and O–H groups in total. The minimum absolute atomic E-state index is 0.0250. The Bertz CT molecular complexity index is 168. The topological polar surface area (TPSA) is 35.2 Å². The molecular formula is C15H33NO. The first-order valence-electron chi connectivity index (χ1n) is 7.33. The molecule has 17 heavy (non-hydrogen) atoms. The fourth-order valence-electron chi connectivity index (χ4n) is 2.38. The number of unbranched alkanes of at least 4 members (excludes halogenated alkanes) is 5. The Morgan fingerprint density at radius 1 is 1.00 bits per heavy atom. The first-order chi connectivity index (χ1) is 8.08. The maximum atomic E-state index is 5.70. The van der Waals surface area contributed by atoms with Crippen molar-refractivity contribution in [1.29, 1.82) is 0 Å². The minimum Gasteiger partial charge on any atom is -0.379 e. The van der Waals surface area contributed by atoms with E-state index in [4.69, 9.17) is 10.5 Å². The van der Waals surface area contributed by atoms with Crippen molar-refractivity contribution in [3.05, 3.63) is 0 Å². The Morgan fingerprint density at radius 2 is 1.59 bits per heavy atom. The molecule has 0 aliphatic heterocycles. The van der Waals surface area contributed by atoms with E-state index < -0.39 is 0 Å². The van der Waals surface area contributed by atoms with E-state index in [1.54, 1.807) is 0 Å². The Labute approximate surface area is 108 Å². The zero-order chi connectivity index (χ0) is 13.1. The molecule has 0 aromatic heterocycles. The van der Waals surface area contributed by atoms with Gasteiger partial charge in [-0.25, -0.2) is 0 Å². The fourth-order valence-corrected chi connectivity index (χ4v) is 2.38. The lowest BCUT2D eigenvalue weighted by molar-refractivity contribution is -0.0336. The van der Waals surface area contributed by atoms with Gasteiger partial charge in [-0.1, -0.05) is 45.4 Å². The zero-order valence-corrected chi connectivity index (χ0v) is 12.4. The lowest BCUT2D eigenvalue weighted by Gasteiger charge is -2.33. The molecule has 104 valence electrons. The third-order valence-corrected chi connectivity index (χ3v) is 3.93. The van der Waals surface area contributed by atoms with Gasteiger partial charge in [-0.15, -0.1) is 0 Å². The third kappa shape index (κ3) is 7.77. The van der Waals surface area contributed by atoms with Gasteiger partial charge in [-0.3, -0.25) is 0 Å². The second-order valence-electron chi connectivity index (χ2n) is 5.64. The van der Waals surface area contributed by atoms with Crippen LogP contribution in [0.1, 0.15) is 72.1 Å². The van der Waals surface area contributed by atoms with Crippen LogP contribution in [0.5, 0.6) is 0 Å². The highest BCUT2D eigenvalue weighted by Gasteiger charge is 2.27. The first-order valence-corrected chi connectivity index (χ1v) is 7.33. The highest BCUT2D eigenvalue weighted by Crippen LogP contribution is 2.28. The van der Waals surface area contributed by atoms with Gasteiger partial charge in [0.1, 0.15) is 0 Å². The summed E-state index contributed by atoms with van der Waals surface area (Å²) < 4.78 is 5.59. The summed E-state index contributed by atoms with van der Waals surface area (Å²) in [6.45, 7) is 7.40. The van der Waals surface area contributed by atoms with Crippen LogP contribution in [0.4, 0.5) is 0 Å². The molecule has 2 nitrogen and oxygen atoms in total. The van der Waals surface area contributed by atoms with E-state index in [9.17, 15) is 0 Å². The molecule has 0 spiro atoms. The summed E-state index contributed by atoms with van der Waals surface area (Å²) in [6.07, 6.45) is 10.5. The van der Waals surface area contributed by atoms with E-state index in [-0.39, 0.29) is 5.60 Å². The summed E-state index contributed by atoms with van der Waals surface area (Å²) in [5.74, 6) is 0.601. The summed E-state index contributed by atoms with van der Waals surface area (Å²) in [5.41, 5.74) is 5.67. The van der Waals surface area contributed by atoms with E-state index in [2.05, 4.69) is 20.8 Å². The molecule has 0 aliphatic carbocycles. The number of hydrogen-bond donors (Lipinski definition) is 1. The zero-order valence-electron chi connectivity index (χ0n) is 12.4. The largest absolute Gasteiger partial charge is 0.379 e. The van der Waals surface area contributed by atoms with Crippen molar-refractivity contribution in [2.75, 3.05) is 13.7 Å². The molecule has 0 amide bonds. The van der Waals surface area contributed by atoms with Gasteiger partial charge in [0.05, 0.1) is 5.60 Å². The van der Waals surface area contributed by atoms with E-state index >= 15 is 0 Å². The number of hydrogen-bond acceptors (Lipinski definition) is 2. The minimum atomic E-state index is -0.0250. The molecule has 1 atom stereocenters. The molecule has 0 aromatic rings. The average Bonchev–Trinajstić information content (AvgIpc) is 2.32. The van der Waals surface area contributed by atoms with E-state index in [0.29, 0.717) is 5.92 Å². The van der Waals surface area contributed by atoms with Crippen molar-refractivity contribution in [3.63, 3.8) is 0 Å². The van der Waals surface area contributed by atoms with Crippen LogP contribution in [0.25, 0.3) is 0 Å². The Morgan fingerprint density at radius 3 is 2.12 bits per heavy atom. The SMILES string of the molecule is CCCCCCCCC(CCN)C(C)(C)OC. The smallest absolute Gasteiger partial charge is 0.0651 e. The van der Waals surface area contributed by atoms with Crippen molar-refractivity contribution < 1.29 is 4.74 Å². The highest BCUT2D eigenvalue weighted by molar-refractivity contribution is 4.79. The van der Waals surface area contributed by atoms with Gasteiger partial charge in [0.25, 0.3) is 0 Å². The summed E-state index contributed by atoms with van der Waals surface area (Å²) in [5, 5.41) is 0. The summed E-state index contributed by atoms with van der Waals surface area (Å²) >= 11 is 0. The van der Waals surface area contributed by atoms with Crippen LogP contribution in [-0.2, 0) is 4.74 Å². The lowest BCUT2D eigenvalue weighted by atomic mass is 9.83. The molecule has 0 aliphatic rings. The van der Waals surface area contributed by atoms with E-state index in [0.717, 1.165) is 13.0 Å². The van der Waals surface area contributed by atoms with Gasteiger partial charge in [0, 0.05) is 7.11 Å². The van der Waals surface area contributed by atoms with Crippen LogP contribution in [0.15, 0.2) is 0 Å². The second kappa shape index (κ2) is 9.90. The molecule has 0 saturated carbocycles. The monoisotopic (exact) mass is 243 g/mol. The molecule has 0 fully saturated rings. The first kappa shape index (κ1) is 16.9. The molecule has 0 bridgehead atoms. The van der Waals surface area contributed by atoms with E-state index in [1.165, 1.54) is 44.9 Å². The van der Waals surface area contributed by atoms with Crippen LogP contribution in [0.2, 0.25) is 0 Å². The predicted molar refractivity (Wildman–Crippen MR) is 76.2 cm³/mol. The van der Waals surface area contributed by atoms with Crippen LogP contribution in [-0.4, -0.2) is 19.3 Å². The van der Waals surface area contributed by atoms with Crippen LogP contribution < -0.4 is 5.73 Å². The summed E-state index contributed by atoms with van der Waals surface area (Å²) in [6, 6.07) is 0. The molecule has 2 heteroatoms. The summed E-state index contributed by atoms with van der Waals surface area (Å²) in [4.78, 5) is 0. The van der Waals surface area contributed by atoms with Crippen molar-refractivity contribution in [2.45, 2.75) is 77.7 Å². The summed E-state index contributed by atoms with van der Waals surface area (Å²) in [7, 11) is 1.81. The maximum Gasteiger partial charge on any atom is 0.0651 e. The maximum absolute atomic E-state index is 5.70. The average molecular weight is 243 g/mol. The molecule has 1 unspecified atom stereocenters. The lowest BCUT2D eigenvalue weighted by Crippen LogP contribution is -2.34. The van der Waals surface area contributed by atoms with Gasteiger partial charge in [-0.2, -0.15) is 0 Å². The fraction of sp³-hybridized carbons (Fsp3) is 1.00. The molecule has 0 radical (unpaired) electrons. The van der Waals surface area contributed by atoms with Gasteiger partial charge in [0.2, 0.25) is 0 Å². The Kier molecular flexibility index (Phi) is 9.85. The molecule has 0 heterocycles. The van der Waals surface area contributed by atoms with Gasteiger partial charge in [-0.05, 0) is 39.2 Å². The predicted octanol–water partition coefficient (Wildman–Crippen LogP) is 4.13. The standard InChI is InChI=1S/C15H33NO/c1-5-6-7-8-9-10-11-14(12-13-16)15(2,3)17-4/h14H,5-13,16H2,1-4H3. The van der Waals surface area contributed by atoms with Crippen molar-refractivity contribution >= 4 is 0 Å². The number of nitrogens with two attached hydrogens (primary N) is 1. The van der Waals surface area contributed by atoms with Crippen molar-refractivity contribution in [1.82, 2.24) is 0 Å². The van der Waals surface area contributed by atoms with Crippen LogP contribution in [0, 0.1) is 5.92 Å². The van der Waals surface area contributed by atoms with E-state index in [1.807, 2.05) is 7.11 Å². The number of methoxy groups -OCH3 is 1. The van der Waals surface area contributed by atoms with Crippen molar-refractivity contribution in [2.24, 2.45) is 11.7 Å². The Balaban J connectivity index is 3.78. The molecule has 0 rings (SSSR count). The second-order valence-corrected chi connectivity index (χ2v) is 5.64. The van der Waals surface area contributed by atoms with Crippen molar-refractivity contribution in [3.8, 4) is 0 Å². The van der Waals surface area contributed by atoms with Gasteiger partial charge >= 0.3 is 0 Å². The third-order valence-electron chi connectivity index (χ3n) is 3.93. The highest BCUT2D eigenvalue weighted by atomic mass is 16.5. The molecular weight excluding hydrogens is 210 g/mol. The molecule has 0 saturated heterocycles. The van der Waals surface area contributed by atoms with Crippen LogP contribution in [0.3, 0.4) is 0 Å². The quantitative estimate of drug-likeness (QED) is 0.554. The van der Waals surface area contributed by atoms with Crippen LogP contribution >= 0.6 is 0 Å². The number of rotatable bonds is 11. The van der Waals surface area contributed by atoms with Gasteiger partial charge in [0.15, 0.2) is 0 Å². The normalized spacial score (nSPS) is 13.9.